The van der Waals surface area contributed by atoms with Crippen LogP contribution in [0.25, 0.3) is 0 Å². The minimum atomic E-state index is -4.40. The Morgan fingerprint density at radius 1 is 1.31 bits per heavy atom. The van der Waals surface area contributed by atoms with Gasteiger partial charge in [0.25, 0.3) is 0 Å². The molecule has 1 aromatic rings. The molecule has 0 aliphatic heterocycles. The molecule has 0 spiro atoms. The van der Waals surface area contributed by atoms with Crippen LogP contribution in [0.1, 0.15) is 18.4 Å². The number of nitrogen functional groups attached to an aromatic ring is 1. The van der Waals surface area contributed by atoms with Crippen molar-refractivity contribution in [1.82, 2.24) is 0 Å². The Morgan fingerprint density at radius 3 is 2.56 bits per heavy atom. The summed E-state index contributed by atoms with van der Waals surface area (Å²) in [5.41, 5.74) is 4.96. The quantitative estimate of drug-likeness (QED) is 0.811. The summed E-state index contributed by atoms with van der Waals surface area (Å²) in [6, 6.07) is 3.41. The predicted molar refractivity (Wildman–Crippen MR) is 54.1 cm³/mol. The van der Waals surface area contributed by atoms with E-state index in [0.717, 1.165) is 18.9 Å². The molecule has 1 aliphatic rings. The topological polar surface area (TPSA) is 35.2 Å². The van der Waals surface area contributed by atoms with Crippen molar-refractivity contribution in [3.05, 3.63) is 23.8 Å². The Morgan fingerprint density at radius 2 is 2.00 bits per heavy atom. The number of ether oxygens (including phenoxy) is 1. The molecule has 1 saturated carbocycles. The lowest BCUT2D eigenvalue weighted by Gasteiger charge is -2.14. The molecule has 0 amide bonds. The Kier molecular flexibility index (Phi) is 2.69. The summed E-state index contributed by atoms with van der Waals surface area (Å²) < 4.78 is 43.0. The fourth-order valence-electron chi connectivity index (χ4n) is 1.38. The van der Waals surface area contributed by atoms with E-state index < -0.39 is 11.7 Å². The van der Waals surface area contributed by atoms with Crippen molar-refractivity contribution in [3.63, 3.8) is 0 Å². The van der Waals surface area contributed by atoms with Crippen LogP contribution < -0.4 is 10.5 Å². The van der Waals surface area contributed by atoms with Crippen LogP contribution in [0.4, 0.5) is 18.9 Å². The van der Waals surface area contributed by atoms with E-state index in [1.807, 2.05) is 0 Å². The van der Waals surface area contributed by atoms with Gasteiger partial charge in [0.2, 0.25) is 0 Å². The summed E-state index contributed by atoms with van der Waals surface area (Å²) in [5, 5.41) is 0. The maximum atomic E-state index is 12.6. The first-order chi connectivity index (χ1) is 7.47. The van der Waals surface area contributed by atoms with Gasteiger partial charge in [0.05, 0.1) is 12.2 Å². The number of halogens is 3. The van der Waals surface area contributed by atoms with Crippen molar-refractivity contribution in [1.29, 1.82) is 0 Å². The van der Waals surface area contributed by atoms with E-state index in [9.17, 15) is 13.2 Å². The molecule has 1 aromatic carbocycles. The Labute approximate surface area is 91.2 Å². The van der Waals surface area contributed by atoms with Crippen LogP contribution in [0, 0.1) is 5.92 Å². The van der Waals surface area contributed by atoms with Gasteiger partial charge in [-0.2, -0.15) is 13.2 Å². The first-order valence-electron chi connectivity index (χ1n) is 5.06. The molecule has 88 valence electrons. The highest BCUT2D eigenvalue weighted by molar-refractivity contribution is 5.49. The van der Waals surface area contributed by atoms with E-state index in [2.05, 4.69) is 0 Å². The maximum absolute atomic E-state index is 12.6. The second-order valence-corrected chi connectivity index (χ2v) is 4.01. The first-order valence-corrected chi connectivity index (χ1v) is 5.06. The van der Waals surface area contributed by atoms with E-state index in [-0.39, 0.29) is 11.4 Å². The lowest BCUT2D eigenvalue weighted by atomic mass is 10.1. The van der Waals surface area contributed by atoms with Gasteiger partial charge in [0, 0.05) is 11.8 Å². The van der Waals surface area contributed by atoms with Crippen LogP contribution in [-0.4, -0.2) is 6.61 Å². The Balaban J connectivity index is 2.20. The van der Waals surface area contributed by atoms with Gasteiger partial charge in [-0.25, -0.2) is 0 Å². The summed E-state index contributed by atoms with van der Waals surface area (Å²) in [6.45, 7) is 0.340. The van der Waals surface area contributed by atoms with Gasteiger partial charge >= 0.3 is 6.18 Å². The molecule has 2 N–H and O–H groups in total. The van der Waals surface area contributed by atoms with E-state index >= 15 is 0 Å². The van der Waals surface area contributed by atoms with Crippen LogP contribution in [0.3, 0.4) is 0 Å². The van der Waals surface area contributed by atoms with Crippen LogP contribution >= 0.6 is 0 Å². The standard InChI is InChI=1S/C11H12F3NO/c12-11(13,14)9-4-3-8(15)5-10(9)16-6-7-1-2-7/h3-5,7H,1-2,6,15H2. The number of alkyl halides is 3. The van der Waals surface area contributed by atoms with Gasteiger partial charge in [-0.05, 0) is 30.9 Å². The number of hydrogen-bond donors (Lipinski definition) is 1. The monoisotopic (exact) mass is 231 g/mol. The number of rotatable bonds is 3. The van der Waals surface area contributed by atoms with E-state index in [1.54, 1.807) is 0 Å². The molecular weight excluding hydrogens is 219 g/mol. The second-order valence-electron chi connectivity index (χ2n) is 4.01. The molecule has 0 radical (unpaired) electrons. The summed E-state index contributed by atoms with van der Waals surface area (Å²) in [4.78, 5) is 0. The summed E-state index contributed by atoms with van der Waals surface area (Å²) in [7, 11) is 0. The number of anilines is 1. The number of nitrogens with two attached hydrogens (primary N) is 1. The van der Waals surface area contributed by atoms with Gasteiger partial charge in [-0.3, -0.25) is 0 Å². The normalized spacial score (nSPS) is 16.2. The largest absolute Gasteiger partial charge is 0.493 e. The molecule has 0 bridgehead atoms. The molecule has 1 fully saturated rings. The zero-order valence-electron chi connectivity index (χ0n) is 8.55. The van der Waals surface area contributed by atoms with Crippen molar-refractivity contribution in [2.45, 2.75) is 19.0 Å². The molecular formula is C11H12F3NO. The molecule has 2 nitrogen and oxygen atoms in total. The van der Waals surface area contributed by atoms with Gasteiger partial charge in [0.15, 0.2) is 0 Å². The number of hydrogen-bond acceptors (Lipinski definition) is 2. The third-order valence-electron chi connectivity index (χ3n) is 2.48. The minimum Gasteiger partial charge on any atom is -0.493 e. The number of benzene rings is 1. The first kappa shape index (κ1) is 11.1. The zero-order chi connectivity index (χ0) is 11.8. The van der Waals surface area contributed by atoms with Crippen molar-refractivity contribution in [3.8, 4) is 5.75 Å². The zero-order valence-corrected chi connectivity index (χ0v) is 8.55. The van der Waals surface area contributed by atoms with Crippen LogP contribution in [0.5, 0.6) is 5.75 Å². The SMILES string of the molecule is Nc1ccc(C(F)(F)F)c(OCC2CC2)c1. The molecule has 0 unspecified atom stereocenters. The highest BCUT2D eigenvalue weighted by atomic mass is 19.4. The lowest BCUT2D eigenvalue weighted by Crippen LogP contribution is -2.10. The average molecular weight is 231 g/mol. The highest BCUT2D eigenvalue weighted by Crippen LogP contribution is 2.38. The van der Waals surface area contributed by atoms with E-state index in [4.69, 9.17) is 10.5 Å². The third kappa shape index (κ3) is 2.59. The van der Waals surface area contributed by atoms with Crippen LogP contribution in [-0.2, 0) is 6.18 Å². The molecule has 1 aliphatic carbocycles. The molecule has 16 heavy (non-hydrogen) atoms. The minimum absolute atomic E-state index is 0.167. The third-order valence-corrected chi connectivity index (χ3v) is 2.48. The van der Waals surface area contributed by atoms with Gasteiger partial charge in [0.1, 0.15) is 5.75 Å². The molecule has 0 saturated heterocycles. The van der Waals surface area contributed by atoms with Crippen molar-refractivity contribution < 1.29 is 17.9 Å². The van der Waals surface area contributed by atoms with Gasteiger partial charge in [-0.15, -0.1) is 0 Å². The maximum Gasteiger partial charge on any atom is 0.419 e. The smallest absolute Gasteiger partial charge is 0.419 e. The van der Waals surface area contributed by atoms with Crippen LogP contribution in [0.15, 0.2) is 18.2 Å². The van der Waals surface area contributed by atoms with E-state index in [1.165, 1.54) is 12.1 Å². The van der Waals surface area contributed by atoms with Crippen molar-refractivity contribution >= 4 is 5.69 Å². The van der Waals surface area contributed by atoms with Gasteiger partial charge < -0.3 is 10.5 Å². The predicted octanol–water partition coefficient (Wildman–Crippen LogP) is 3.08. The van der Waals surface area contributed by atoms with Gasteiger partial charge in [-0.1, -0.05) is 0 Å². The fraction of sp³-hybridized carbons (Fsp3) is 0.455. The summed E-state index contributed by atoms with van der Waals surface area (Å²) in [6.07, 6.45) is -2.33. The molecule has 0 atom stereocenters. The molecule has 2 rings (SSSR count). The summed E-state index contributed by atoms with van der Waals surface area (Å²) in [5.74, 6) is 0.238. The lowest BCUT2D eigenvalue weighted by molar-refractivity contribution is -0.139. The highest BCUT2D eigenvalue weighted by Gasteiger charge is 2.35. The fourth-order valence-corrected chi connectivity index (χ4v) is 1.38. The Hall–Kier alpha value is -1.39. The van der Waals surface area contributed by atoms with Crippen LogP contribution in [0.2, 0.25) is 0 Å². The molecule has 0 aromatic heterocycles. The van der Waals surface area contributed by atoms with Crippen molar-refractivity contribution in [2.24, 2.45) is 5.92 Å². The summed E-state index contributed by atoms with van der Waals surface area (Å²) >= 11 is 0. The molecule has 5 heteroatoms. The van der Waals surface area contributed by atoms with E-state index in [0.29, 0.717) is 12.5 Å². The molecule has 0 heterocycles. The Bertz CT molecular complexity index is 385. The second kappa shape index (κ2) is 3.88. The van der Waals surface area contributed by atoms with Crippen molar-refractivity contribution in [2.75, 3.05) is 12.3 Å². The average Bonchev–Trinajstić information content (AvgIpc) is 2.96.